The fourth-order valence-electron chi connectivity index (χ4n) is 9.20. The van der Waals surface area contributed by atoms with Crippen LogP contribution in [0.25, 0.3) is 5.00 Å². The molecule has 9 rings (SSSR count). The Kier molecular flexibility index (Phi) is 14.3. The van der Waals surface area contributed by atoms with Gasteiger partial charge in [-0.15, -0.1) is 21.5 Å². The first-order valence-corrected chi connectivity index (χ1v) is 24.3. The summed E-state index contributed by atoms with van der Waals surface area (Å²) in [4.78, 5) is 47.4. The van der Waals surface area contributed by atoms with Gasteiger partial charge in [-0.1, -0.05) is 41.6 Å². The fraction of sp³-hybridized carbons (Fsp3) is 0.449. The fourth-order valence-corrected chi connectivity index (χ4v) is 10.6. The normalized spacial score (nSPS) is 19.0. The largest absolute Gasteiger partial charge is 0.382 e. The number of nitrogens with zero attached hydrogens (tertiary/aromatic N) is 8. The van der Waals surface area contributed by atoms with Gasteiger partial charge in [-0.05, 0) is 89.1 Å². The molecule has 0 bridgehead atoms. The average Bonchev–Trinajstić information content (AvgIpc) is 4.08. The number of halogens is 1. The number of hydrogen-bond donors (Lipinski definition) is 3. The molecule has 7 heterocycles. The van der Waals surface area contributed by atoms with Crippen LogP contribution in [0.15, 0.2) is 59.9 Å². The van der Waals surface area contributed by atoms with Crippen LogP contribution in [-0.2, 0) is 32.2 Å². The lowest BCUT2D eigenvalue weighted by Gasteiger charge is -2.33. The van der Waals surface area contributed by atoms with Gasteiger partial charge in [0.1, 0.15) is 22.9 Å². The van der Waals surface area contributed by atoms with Gasteiger partial charge in [-0.3, -0.25) is 33.9 Å². The van der Waals surface area contributed by atoms with E-state index in [1.807, 2.05) is 67.2 Å². The topological polar surface area (TPSA) is 181 Å². The van der Waals surface area contributed by atoms with E-state index >= 15 is 0 Å². The van der Waals surface area contributed by atoms with E-state index in [-0.39, 0.29) is 30.3 Å². The number of aliphatic hydroxyl groups excluding tert-OH is 1. The summed E-state index contributed by atoms with van der Waals surface area (Å²) in [6.07, 6.45) is 7.20. The van der Waals surface area contributed by atoms with E-state index in [9.17, 15) is 19.5 Å². The van der Waals surface area contributed by atoms with Crippen molar-refractivity contribution in [2.75, 3.05) is 44.8 Å². The number of imide groups is 1. The number of amides is 3. The first kappa shape index (κ1) is 46.4. The number of aliphatic hydroxyl groups is 1. The van der Waals surface area contributed by atoms with E-state index in [2.05, 4.69) is 54.2 Å². The lowest BCUT2D eigenvalue weighted by molar-refractivity contribution is -0.136. The first-order valence-electron chi connectivity index (χ1n) is 23.1. The van der Waals surface area contributed by atoms with Crippen molar-refractivity contribution in [3.8, 4) is 16.8 Å². The van der Waals surface area contributed by atoms with Crippen LogP contribution < -0.4 is 10.6 Å². The van der Waals surface area contributed by atoms with Crippen molar-refractivity contribution >= 4 is 52.1 Å². The van der Waals surface area contributed by atoms with Crippen molar-refractivity contribution in [3.05, 3.63) is 110 Å². The molecule has 67 heavy (non-hydrogen) atoms. The molecule has 4 aliphatic heterocycles. The second-order valence-corrected chi connectivity index (χ2v) is 18.9. The lowest BCUT2D eigenvalue weighted by Crippen LogP contribution is -2.52. The van der Waals surface area contributed by atoms with E-state index in [0.717, 1.165) is 93.2 Å². The summed E-state index contributed by atoms with van der Waals surface area (Å²) in [6, 6.07) is 12.9. The minimum Gasteiger partial charge on any atom is -0.382 e. The number of rotatable bonds is 16. The van der Waals surface area contributed by atoms with E-state index in [0.29, 0.717) is 69.2 Å². The van der Waals surface area contributed by atoms with Crippen molar-refractivity contribution in [3.63, 3.8) is 0 Å². The van der Waals surface area contributed by atoms with E-state index < -0.39 is 18.2 Å². The second-order valence-electron chi connectivity index (χ2n) is 17.5. The number of thiophene rings is 1. The van der Waals surface area contributed by atoms with Gasteiger partial charge in [0.25, 0.3) is 5.91 Å². The second kappa shape index (κ2) is 20.6. The Morgan fingerprint density at radius 2 is 1.82 bits per heavy atom. The zero-order valence-corrected chi connectivity index (χ0v) is 39.5. The van der Waals surface area contributed by atoms with Crippen LogP contribution in [0.4, 0.5) is 5.69 Å². The van der Waals surface area contributed by atoms with Crippen LogP contribution >= 0.6 is 22.9 Å². The molecular formula is C49H55ClN10O6S. The summed E-state index contributed by atoms with van der Waals surface area (Å²) in [5.74, 6) is 7.45. The van der Waals surface area contributed by atoms with Crippen LogP contribution in [-0.4, -0.2) is 121 Å². The number of likely N-dealkylation sites (tertiary alicyclic amines) is 1. The Morgan fingerprint density at radius 3 is 2.63 bits per heavy atom. The predicted molar refractivity (Wildman–Crippen MR) is 255 cm³/mol. The summed E-state index contributed by atoms with van der Waals surface area (Å²) < 4.78 is 15.5. The number of piperidine rings is 2. The number of aliphatic imine (C=N–C) groups is 1. The van der Waals surface area contributed by atoms with Crippen molar-refractivity contribution in [1.29, 1.82) is 0 Å². The van der Waals surface area contributed by atoms with Gasteiger partial charge in [0, 0.05) is 91.0 Å². The number of carbonyl (C=O) groups excluding carboxylic acids is 3. The zero-order chi connectivity index (χ0) is 46.6. The molecule has 2 fully saturated rings. The Balaban J connectivity index is 0.663. The van der Waals surface area contributed by atoms with Crippen molar-refractivity contribution in [1.82, 2.24) is 39.7 Å². The van der Waals surface area contributed by atoms with Gasteiger partial charge < -0.3 is 29.7 Å². The molecule has 3 aromatic heterocycles. The molecule has 2 aromatic carbocycles. The first-order chi connectivity index (χ1) is 32.5. The van der Waals surface area contributed by atoms with Crippen LogP contribution in [0.5, 0.6) is 0 Å². The molecule has 16 nitrogen and oxygen atoms in total. The Labute approximate surface area is 398 Å². The molecular weight excluding hydrogens is 892 g/mol. The predicted octanol–water partition coefficient (Wildman–Crippen LogP) is 5.97. The Morgan fingerprint density at radius 1 is 1.00 bits per heavy atom. The molecule has 18 heteroatoms. The number of carbonyl (C=O) groups is 3. The summed E-state index contributed by atoms with van der Waals surface area (Å²) in [5, 5.41) is 31.5. The van der Waals surface area contributed by atoms with Gasteiger partial charge in [-0.2, -0.15) is 5.10 Å². The van der Waals surface area contributed by atoms with Crippen molar-refractivity contribution in [2.24, 2.45) is 4.99 Å². The molecule has 4 aliphatic rings. The summed E-state index contributed by atoms with van der Waals surface area (Å²) >= 11 is 7.85. The Bertz CT molecular complexity index is 2730. The van der Waals surface area contributed by atoms with Gasteiger partial charge >= 0.3 is 0 Å². The average molecular weight is 948 g/mol. The molecule has 0 spiro atoms. The Hall–Kier alpha value is -5.74. The van der Waals surface area contributed by atoms with E-state index in [1.165, 1.54) is 0 Å². The van der Waals surface area contributed by atoms with Crippen LogP contribution in [0.3, 0.4) is 0 Å². The number of aryl methyl sites for hydroxylation is 2. The third-order valence-corrected chi connectivity index (χ3v) is 14.3. The molecule has 0 radical (unpaired) electrons. The van der Waals surface area contributed by atoms with Crippen LogP contribution in [0, 0.1) is 25.7 Å². The quantitative estimate of drug-likeness (QED) is 0.0459. The molecule has 0 saturated carbocycles. The molecule has 5 aromatic rings. The van der Waals surface area contributed by atoms with E-state index in [1.54, 1.807) is 22.4 Å². The van der Waals surface area contributed by atoms with E-state index in [4.69, 9.17) is 26.1 Å². The number of benzene rings is 2. The third-order valence-electron chi connectivity index (χ3n) is 12.8. The number of hydrogen-bond acceptors (Lipinski definition) is 13. The molecule has 2 unspecified atom stereocenters. The SMILES string of the molecule is Cc1c(C#Cc2cnn(CCCC(O)OCCCOCCN3CCC(Nc4cccc5c4CN(C4CCC(=O)NC4=O)C5=O)CC3)c2)sc2c1C(c1ccc(Cl)cc1)=N[C@@H](C)c1nnc(C)n1-2. The maximum atomic E-state index is 13.2. The summed E-state index contributed by atoms with van der Waals surface area (Å²) in [7, 11) is 0. The molecule has 3 amide bonds. The standard InChI is InChI=1S/C49H55ClN10O6S/c1-30-41(67-49-44(30)45(34-11-13-35(50)14-12-34)52-31(2)46-56-55-32(3)60(46)49)16-10-33-27-51-58(28-33)20-5-9-43(62)66-25-6-24-65-26-23-57-21-18-36(19-22-57)53-39-8-4-7-37-38(39)29-59(48(37)64)40-15-17-42(61)54-47(40)63/h4,7-8,11-14,27-28,31,36,40,43,53,62H,5-6,9,15,17-26,29H2,1-3H3,(H,54,61,63)/t31-,40?,43?/m0/s1. The molecule has 350 valence electrons. The number of anilines is 1. The highest BCUT2D eigenvalue weighted by molar-refractivity contribution is 7.15. The monoisotopic (exact) mass is 946 g/mol. The number of nitrogens with one attached hydrogen (secondary N) is 2. The lowest BCUT2D eigenvalue weighted by atomic mass is 9.99. The highest BCUT2D eigenvalue weighted by Gasteiger charge is 2.40. The van der Waals surface area contributed by atoms with Gasteiger partial charge in [0.05, 0.1) is 35.6 Å². The minimum absolute atomic E-state index is 0.162. The van der Waals surface area contributed by atoms with Gasteiger partial charge in [0.15, 0.2) is 12.1 Å². The van der Waals surface area contributed by atoms with Crippen LogP contribution in [0.2, 0.25) is 5.02 Å². The highest BCUT2D eigenvalue weighted by Crippen LogP contribution is 2.39. The maximum absolute atomic E-state index is 13.2. The van der Waals surface area contributed by atoms with Gasteiger partial charge in [0.2, 0.25) is 11.8 Å². The smallest absolute Gasteiger partial charge is 0.255 e. The van der Waals surface area contributed by atoms with Gasteiger partial charge in [-0.25, -0.2) is 0 Å². The highest BCUT2D eigenvalue weighted by atomic mass is 35.5. The molecule has 2 saturated heterocycles. The minimum atomic E-state index is -0.859. The molecule has 3 atom stereocenters. The van der Waals surface area contributed by atoms with Crippen LogP contribution in [0.1, 0.15) is 113 Å². The number of aromatic nitrogens is 5. The summed E-state index contributed by atoms with van der Waals surface area (Å²) in [6.45, 7) is 11.4. The maximum Gasteiger partial charge on any atom is 0.255 e. The van der Waals surface area contributed by atoms with Crippen molar-refractivity contribution in [2.45, 2.75) is 103 Å². The number of ether oxygens (including phenoxy) is 2. The molecule has 0 aliphatic carbocycles. The number of fused-ring (bicyclic) bond motifs is 4. The third kappa shape index (κ3) is 10.4. The van der Waals surface area contributed by atoms with Crippen molar-refractivity contribution < 1.29 is 29.0 Å². The zero-order valence-electron chi connectivity index (χ0n) is 38.0. The molecule has 3 N–H and O–H groups in total. The summed E-state index contributed by atoms with van der Waals surface area (Å²) in [5.41, 5.74) is 7.18.